The number of furan rings is 1. The van der Waals surface area contributed by atoms with E-state index in [0.29, 0.717) is 39.6 Å². The molecule has 1 atom stereocenters. The minimum Gasteiger partial charge on any atom is -0.463 e. The van der Waals surface area contributed by atoms with Crippen molar-refractivity contribution in [2.24, 2.45) is 4.99 Å². The number of hydrogen-bond acceptors (Lipinski definition) is 8. The van der Waals surface area contributed by atoms with Crippen molar-refractivity contribution in [2.45, 2.75) is 19.9 Å². The third-order valence-electron chi connectivity index (χ3n) is 5.89. The van der Waals surface area contributed by atoms with Crippen molar-refractivity contribution in [3.63, 3.8) is 0 Å². The number of aromatic nitrogens is 1. The molecular weight excluding hydrogens is 534 g/mol. The smallest absolute Gasteiger partial charge is 0.338 e. The van der Waals surface area contributed by atoms with Gasteiger partial charge in [-0.1, -0.05) is 41.7 Å². The number of thiazole rings is 1. The highest BCUT2D eigenvalue weighted by atomic mass is 79.9. The quantitative estimate of drug-likeness (QED) is 0.448. The van der Waals surface area contributed by atoms with Crippen LogP contribution in [-0.2, 0) is 14.3 Å². The van der Waals surface area contributed by atoms with E-state index in [1.807, 2.05) is 36.4 Å². The van der Waals surface area contributed by atoms with E-state index in [1.165, 1.54) is 11.3 Å². The van der Waals surface area contributed by atoms with Gasteiger partial charge in [-0.15, -0.1) is 0 Å². The molecule has 0 radical (unpaired) electrons. The van der Waals surface area contributed by atoms with Crippen LogP contribution in [0.15, 0.2) is 66.3 Å². The molecule has 8 nitrogen and oxygen atoms in total. The summed E-state index contributed by atoms with van der Waals surface area (Å²) in [5.41, 5.74) is 1.48. The number of carbonyl (C=O) groups excluding carboxylic acids is 1. The molecule has 3 aromatic rings. The number of esters is 1. The van der Waals surface area contributed by atoms with Crippen LogP contribution in [0.3, 0.4) is 0 Å². The highest BCUT2D eigenvalue weighted by Gasteiger charge is 2.33. The van der Waals surface area contributed by atoms with Crippen molar-refractivity contribution < 1.29 is 18.7 Å². The summed E-state index contributed by atoms with van der Waals surface area (Å²) in [6, 6.07) is 10.7. The molecule has 0 saturated carbocycles. The van der Waals surface area contributed by atoms with Crippen molar-refractivity contribution in [3.05, 3.63) is 83.2 Å². The van der Waals surface area contributed by atoms with E-state index >= 15 is 0 Å². The van der Waals surface area contributed by atoms with Crippen LogP contribution in [0.1, 0.15) is 31.2 Å². The number of fused-ring (bicyclic) bond motifs is 1. The second-order valence-corrected chi connectivity index (χ2v) is 9.98. The van der Waals surface area contributed by atoms with Crippen LogP contribution in [0, 0.1) is 0 Å². The van der Waals surface area contributed by atoms with E-state index in [2.05, 4.69) is 25.8 Å². The Morgan fingerprint density at radius 2 is 2.03 bits per heavy atom. The molecule has 0 spiro atoms. The van der Waals surface area contributed by atoms with Gasteiger partial charge in [0.25, 0.3) is 5.56 Å². The summed E-state index contributed by atoms with van der Waals surface area (Å²) in [6.07, 6.45) is 1.73. The summed E-state index contributed by atoms with van der Waals surface area (Å²) >= 11 is 4.85. The molecule has 10 heteroatoms. The first-order chi connectivity index (χ1) is 17.0. The lowest BCUT2D eigenvalue weighted by Crippen LogP contribution is -2.39. The number of rotatable bonds is 5. The molecule has 0 bridgehead atoms. The van der Waals surface area contributed by atoms with Crippen LogP contribution in [0.25, 0.3) is 6.08 Å². The molecule has 1 fully saturated rings. The van der Waals surface area contributed by atoms with Crippen molar-refractivity contribution in [2.75, 3.05) is 37.8 Å². The number of carbonyl (C=O) groups is 1. The molecule has 182 valence electrons. The molecular formula is C25H24BrN3O5S. The summed E-state index contributed by atoms with van der Waals surface area (Å²) in [5.74, 6) is 0.804. The molecule has 0 unspecified atom stereocenters. The van der Waals surface area contributed by atoms with Gasteiger partial charge in [-0.05, 0) is 35.3 Å². The lowest BCUT2D eigenvalue weighted by atomic mass is 9.96. The molecule has 2 aliphatic rings. The van der Waals surface area contributed by atoms with Gasteiger partial charge >= 0.3 is 5.97 Å². The summed E-state index contributed by atoms with van der Waals surface area (Å²) in [5, 5.41) is 0. The maximum Gasteiger partial charge on any atom is 0.338 e. The number of nitrogens with zero attached hydrogens (tertiary/aromatic N) is 3. The summed E-state index contributed by atoms with van der Waals surface area (Å²) < 4.78 is 19.7. The normalized spacial score (nSPS) is 18.4. The van der Waals surface area contributed by atoms with Gasteiger partial charge in [0.05, 0.1) is 46.1 Å². The molecule has 1 aromatic carbocycles. The largest absolute Gasteiger partial charge is 0.463 e. The predicted octanol–water partition coefficient (Wildman–Crippen LogP) is 2.99. The molecule has 0 N–H and O–H groups in total. The first kappa shape index (κ1) is 23.8. The van der Waals surface area contributed by atoms with Crippen molar-refractivity contribution in [3.8, 4) is 0 Å². The van der Waals surface area contributed by atoms with E-state index in [-0.39, 0.29) is 12.2 Å². The molecule has 2 aromatic heterocycles. The number of morpholine rings is 1. The Morgan fingerprint density at radius 3 is 2.74 bits per heavy atom. The number of halogens is 1. The fourth-order valence-corrected chi connectivity index (χ4v) is 5.89. The summed E-state index contributed by atoms with van der Waals surface area (Å²) in [7, 11) is 0. The number of anilines is 1. The minimum absolute atomic E-state index is 0.236. The Balaban J connectivity index is 1.62. The third kappa shape index (κ3) is 4.53. The number of allylic oxidation sites excluding steroid dienone is 1. The zero-order chi connectivity index (χ0) is 24.5. The molecule has 4 heterocycles. The monoisotopic (exact) mass is 557 g/mol. The molecule has 0 aliphatic carbocycles. The Morgan fingerprint density at radius 1 is 1.29 bits per heavy atom. The Labute approximate surface area is 213 Å². The molecule has 2 aliphatic heterocycles. The first-order valence-electron chi connectivity index (χ1n) is 11.3. The van der Waals surface area contributed by atoms with Gasteiger partial charge in [0.2, 0.25) is 5.88 Å². The van der Waals surface area contributed by atoms with Gasteiger partial charge in [0.15, 0.2) is 4.80 Å². The van der Waals surface area contributed by atoms with E-state index < -0.39 is 12.0 Å². The van der Waals surface area contributed by atoms with Gasteiger partial charge in [-0.25, -0.2) is 9.79 Å². The maximum atomic E-state index is 13.7. The van der Waals surface area contributed by atoms with Gasteiger partial charge in [0, 0.05) is 25.2 Å². The van der Waals surface area contributed by atoms with E-state index in [4.69, 9.17) is 13.9 Å². The van der Waals surface area contributed by atoms with Crippen molar-refractivity contribution >= 4 is 45.2 Å². The summed E-state index contributed by atoms with van der Waals surface area (Å²) in [4.78, 5) is 33.8. The minimum atomic E-state index is -0.624. The van der Waals surface area contributed by atoms with Crippen LogP contribution in [-0.4, -0.2) is 43.4 Å². The van der Waals surface area contributed by atoms with Gasteiger partial charge < -0.3 is 18.8 Å². The fraction of sp³-hybridized carbons (Fsp3) is 0.320. The number of hydrogen-bond donors (Lipinski definition) is 0. The lowest BCUT2D eigenvalue weighted by Gasteiger charge is -2.26. The summed E-state index contributed by atoms with van der Waals surface area (Å²) in [6.45, 7) is 6.53. The standard InChI is InChI=1S/C25H24BrN3O5S/c1-3-33-24(31)20-15(2)27-25-29(21(20)16-7-5-4-6-8-16)22(30)19(35-25)14-17-13-18(26)23(34-17)28-9-11-32-12-10-28/h4-8,13-14,21H,3,9-12H2,1-2H3/b19-14+/t21-/m1/s1. The second-order valence-electron chi connectivity index (χ2n) is 8.11. The molecule has 35 heavy (non-hydrogen) atoms. The van der Waals surface area contributed by atoms with E-state index in [0.717, 1.165) is 29.0 Å². The Hall–Kier alpha value is -2.95. The maximum absolute atomic E-state index is 13.7. The predicted molar refractivity (Wildman–Crippen MR) is 136 cm³/mol. The molecule has 0 amide bonds. The Kier molecular flexibility index (Phi) is 6.77. The number of benzene rings is 1. The highest BCUT2D eigenvalue weighted by molar-refractivity contribution is 9.10. The SMILES string of the molecule is CCOC(=O)C1=C(C)N=c2s/c(=C/c3cc(Br)c(N4CCOCC4)o3)c(=O)n2[C@@H]1c1ccccc1. The van der Waals surface area contributed by atoms with E-state index in [1.54, 1.807) is 24.5 Å². The van der Waals surface area contributed by atoms with Crippen molar-refractivity contribution in [1.29, 1.82) is 0 Å². The average molecular weight is 558 g/mol. The average Bonchev–Trinajstić information content (AvgIpc) is 3.38. The van der Waals surface area contributed by atoms with Gasteiger partial charge in [0.1, 0.15) is 5.76 Å². The second kappa shape index (κ2) is 9.96. The zero-order valence-corrected chi connectivity index (χ0v) is 21.7. The molecule has 1 saturated heterocycles. The topological polar surface area (TPSA) is 86.3 Å². The Bertz CT molecular complexity index is 1460. The number of ether oxygens (including phenoxy) is 2. The van der Waals surface area contributed by atoms with Crippen LogP contribution >= 0.6 is 27.3 Å². The van der Waals surface area contributed by atoms with Gasteiger partial charge in [-0.2, -0.15) is 0 Å². The van der Waals surface area contributed by atoms with Crippen LogP contribution in [0.2, 0.25) is 0 Å². The fourth-order valence-electron chi connectivity index (χ4n) is 4.30. The van der Waals surface area contributed by atoms with E-state index in [9.17, 15) is 9.59 Å². The van der Waals surface area contributed by atoms with Gasteiger partial charge in [-0.3, -0.25) is 9.36 Å². The van der Waals surface area contributed by atoms with Crippen LogP contribution in [0.4, 0.5) is 5.88 Å². The van der Waals surface area contributed by atoms with Crippen LogP contribution < -0.4 is 19.8 Å². The highest BCUT2D eigenvalue weighted by Crippen LogP contribution is 2.32. The zero-order valence-electron chi connectivity index (χ0n) is 19.3. The third-order valence-corrected chi connectivity index (χ3v) is 7.44. The van der Waals surface area contributed by atoms with Crippen molar-refractivity contribution in [1.82, 2.24) is 4.57 Å². The van der Waals surface area contributed by atoms with Crippen LogP contribution in [0.5, 0.6) is 0 Å². The molecule has 5 rings (SSSR count). The first-order valence-corrected chi connectivity index (χ1v) is 13.0. The lowest BCUT2D eigenvalue weighted by molar-refractivity contribution is -0.139.